The lowest BCUT2D eigenvalue weighted by Gasteiger charge is -2.39. The molecule has 2 unspecified atom stereocenters. The van der Waals surface area contributed by atoms with Crippen molar-refractivity contribution in [3.63, 3.8) is 0 Å². The zero-order valence-corrected chi connectivity index (χ0v) is 23.5. The number of carboxylic acid groups (broad SMARTS) is 1. The molecule has 5 nitrogen and oxygen atoms in total. The predicted octanol–water partition coefficient (Wildman–Crippen LogP) is 7.73. The summed E-state index contributed by atoms with van der Waals surface area (Å²) in [6.45, 7) is 2.85. The van der Waals surface area contributed by atoms with E-state index in [1.54, 1.807) is 42.5 Å². The normalized spacial score (nSPS) is 19.2. The van der Waals surface area contributed by atoms with Gasteiger partial charge in [0.25, 0.3) is 0 Å². The third-order valence-electron chi connectivity index (χ3n) is 7.25. The third-order valence-corrected chi connectivity index (χ3v) is 10.1. The summed E-state index contributed by atoms with van der Waals surface area (Å²) in [7, 11) is 1.60. The number of hydrogen-bond donors (Lipinski definition) is 1. The van der Waals surface area contributed by atoms with Crippen LogP contribution in [0.5, 0.6) is 5.75 Å². The minimum absolute atomic E-state index is 0.162. The van der Waals surface area contributed by atoms with Crippen LogP contribution in [0.1, 0.15) is 50.3 Å². The number of rotatable bonds is 13. The fraction of sp³-hybridized carbons (Fsp3) is 0.500. The zero-order valence-electron chi connectivity index (χ0n) is 21.1. The topological polar surface area (TPSA) is 62.7 Å². The van der Waals surface area contributed by atoms with E-state index in [1.807, 2.05) is 29.6 Å². The summed E-state index contributed by atoms with van der Waals surface area (Å²) in [6, 6.07) is 9.24. The van der Waals surface area contributed by atoms with Crippen molar-refractivity contribution < 1.29 is 19.0 Å². The predicted molar refractivity (Wildman–Crippen MR) is 151 cm³/mol. The molecule has 0 spiro atoms. The van der Waals surface area contributed by atoms with Crippen LogP contribution in [-0.2, 0) is 4.79 Å². The van der Waals surface area contributed by atoms with Crippen molar-refractivity contribution in [2.75, 3.05) is 32.5 Å². The number of nitrogens with zero attached hydrogens (tertiary/aromatic N) is 2. The quantitative estimate of drug-likeness (QED) is 0.169. The van der Waals surface area contributed by atoms with Crippen LogP contribution in [0, 0.1) is 11.8 Å². The van der Waals surface area contributed by atoms with Gasteiger partial charge in [-0.1, -0.05) is 11.6 Å². The van der Waals surface area contributed by atoms with E-state index >= 15 is 4.39 Å². The van der Waals surface area contributed by atoms with Crippen molar-refractivity contribution in [2.45, 2.75) is 48.9 Å². The van der Waals surface area contributed by atoms with Crippen molar-refractivity contribution in [2.24, 2.45) is 11.8 Å². The third kappa shape index (κ3) is 7.82. The van der Waals surface area contributed by atoms with E-state index in [0.29, 0.717) is 30.1 Å². The Balaban J connectivity index is 1.32. The number of aromatic nitrogens is 1. The Hall–Kier alpha value is -1.87. The van der Waals surface area contributed by atoms with Gasteiger partial charge in [0.1, 0.15) is 11.9 Å². The van der Waals surface area contributed by atoms with Gasteiger partial charge in [0, 0.05) is 30.3 Å². The molecule has 3 aromatic rings. The van der Waals surface area contributed by atoms with Crippen LogP contribution in [0.2, 0.25) is 5.02 Å². The number of benzene rings is 1. The largest absolute Gasteiger partial charge is 0.497 e. The number of pyridine rings is 1. The molecule has 1 saturated heterocycles. The Morgan fingerprint density at radius 1 is 1.32 bits per heavy atom. The molecule has 0 radical (unpaired) electrons. The Kier molecular flexibility index (Phi) is 10.5. The van der Waals surface area contributed by atoms with Gasteiger partial charge in [-0.25, -0.2) is 4.39 Å². The minimum Gasteiger partial charge on any atom is -0.497 e. The van der Waals surface area contributed by atoms with Crippen LogP contribution in [0.3, 0.4) is 0 Å². The number of likely N-dealkylation sites (tertiary alicyclic amines) is 1. The number of carbonyl (C=O) groups is 1. The number of hydrogen-bond acceptors (Lipinski definition) is 6. The van der Waals surface area contributed by atoms with Crippen LogP contribution in [0.25, 0.3) is 10.9 Å². The molecule has 37 heavy (non-hydrogen) atoms. The van der Waals surface area contributed by atoms with E-state index in [1.165, 1.54) is 4.21 Å². The summed E-state index contributed by atoms with van der Waals surface area (Å²) < 4.78 is 22.0. The number of alkyl halides is 1. The van der Waals surface area contributed by atoms with Gasteiger partial charge in [0.05, 0.1) is 21.9 Å². The maximum atomic E-state index is 15.5. The number of carboxylic acids is 1. The van der Waals surface area contributed by atoms with E-state index in [2.05, 4.69) is 9.88 Å². The second-order valence-electron chi connectivity index (χ2n) is 9.63. The minimum atomic E-state index is -1.10. The first-order valence-corrected chi connectivity index (χ1v) is 15.1. The molecule has 9 heteroatoms. The van der Waals surface area contributed by atoms with Crippen LogP contribution >= 0.6 is 34.7 Å². The summed E-state index contributed by atoms with van der Waals surface area (Å²) in [5, 5.41) is 12.9. The highest BCUT2D eigenvalue weighted by atomic mass is 35.5. The van der Waals surface area contributed by atoms with Gasteiger partial charge in [-0.15, -0.1) is 23.1 Å². The fourth-order valence-electron chi connectivity index (χ4n) is 5.27. The Bertz CT molecular complexity index is 1180. The van der Waals surface area contributed by atoms with Gasteiger partial charge in [-0.2, -0.15) is 0 Å². The van der Waals surface area contributed by atoms with Gasteiger partial charge < -0.3 is 14.7 Å². The molecule has 1 N–H and O–H groups in total. The molecule has 0 saturated carbocycles. The number of fused-ring (bicyclic) bond motifs is 1. The van der Waals surface area contributed by atoms with Crippen LogP contribution in [0.15, 0.2) is 46.1 Å². The van der Waals surface area contributed by atoms with E-state index in [9.17, 15) is 9.90 Å². The van der Waals surface area contributed by atoms with Gasteiger partial charge in [-0.05, 0) is 98.3 Å². The Labute approximate surface area is 231 Å². The molecule has 3 heterocycles. The number of ether oxygens (including phenoxy) is 1. The lowest BCUT2D eigenvalue weighted by Crippen LogP contribution is -2.41. The highest BCUT2D eigenvalue weighted by Crippen LogP contribution is 2.37. The molecule has 0 bridgehead atoms. The van der Waals surface area contributed by atoms with Crippen molar-refractivity contribution in [3.8, 4) is 5.75 Å². The Morgan fingerprint density at radius 2 is 2.19 bits per heavy atom. The number of halogens is 2. The molecule has 1 aromatic carbocycles. The first kappa shape index (κ1) is 28.1. The summed E-state index contributed by atoms with van der Waals surface area (Å²) >= 11 is 9.67. The molecular weight excluding hydrogens is 531 g/mol. The molecule has 4 rings (SSSR count). The van der Waals surface area contributed by atoms with Gasteiger partial charge >= 0.3 is 5.97 Å². The molecule has 1 fully saturated rings. The number of aliphatic carboxylic acids is 1. The number of thioether (sulfide) groups is 1. The molecular formula is C28H34ClFN2O3S2. The van der Waals surface area contributed by atoms with Gasteiger partial charge in [0.15, 0.2) is 0 Å². The average Bonchev–Trinajstić information content (AvgIpc) is 3.32. The monoisotopic (exact) mass is 564 g/mol. The molecule has 1 aliphatic rings. The van der Waals surface area contributed by atoms with E-state index in [-0.39, 0.29) is 12.3 Å². The summed E-state index contributed by atoms with van der Waals surface area (Å²) in [4.78, 5) is 18.1. The number of piperidine rings is 1. The lowest BCUT2D eigenvalue weighted by molar-refractivity contribution is -0.137. The first-order valence-electron chi connectivity index (χ1n) is 12.8. The SMILES string of the molecule is COc1ccc2nccc([C@@H](F)CCC3CCN(CCCSc4sccc4Cl)CC3CCC(=O)O)c2c1. The van der Waals surface area contributed by atoms with Gasteiger partial charge in [0.2, 0.25) is 0 Å². The molecule has 2 aromatic heterocycles. The van der Waals surface area contributed by atoms with Crippen molar-refractivity contribution in [1.82, 2.24) is 9.88 Å². The van der Waals surface area contributed by atoms with E-state index in [4.69, 9.17) is 16.3 Å². The number of thiophene rings is 1. The summed E-state index contributed by atoms with van der Waals surface area (Å²) in [5.41, 5.74) is 1.40. The Morgan fingerprint density at radius 3 is 2.95 bits per heavy atom. The van der Waals surface area contributed by atoms with Crippen LogP contribution < -0.4 is 4.74 Å². The maximum absolute atomic E-state index is 15.5. The average molecular weight is 565 g/mol. The standard InChI is InChI=1S/C28H34ClFN2O3S2/c1-35-21-5-7-26-23(17-21)22(9-12-31-26)25(30)6-3-19-10-14-32(18-20(19)4-8-27(33)34)13-2-15-36-28-24(29)11-16-37-28/h5,7,9,11-12,16-17,19-20,25H,2-4,6,8,10,13-15,18H2,1H3,(H,33,34)/t19?,20?,25-/m0/s1. The van der Waals surface area contributed by atoms with Crippen molar-refractivity contribution in [1.29, 1.82) is 0 Å². The highest BCUT2D eigenvalue weighted by molar-refractivity contribution is 8.01. The fourth-order valence-corrected chi connectivity index (χ4v) is 7.57. The van der Waals surface area contributed by atoms with Crippen LogP contribution in [-0.4, -0.2) is 53.5 Å². The molecule has 3 atom stereocenters. The first-order chi connectivity index (χ1) is 17.9. The lowest BCUT2D eigenvalue weighted by atomic mass is 9.79. The van der Waals surface area contributed by atoms with E-state index in [0.717, 1.165) is 60.6 Å². The molecule has 1 aliphatic heterocycles. The van der Waals surface area contributed by atoms with E-state index < -0.39 is 12.1 Å². The molecule has 200 valence electrons. The summed E-state index contributed by atoms with van der Waals surface area (Å²) in [6.07, 6.45) is 4.57. The number of methoxy groups -OCH3 is 1. The maximum Gasteiger partial charge on any atom is 0.303 e. The second-order valence-corrected chi connectivity index (χ2v) is 12.3. The second kappa shape index (κ2) is 13.8. The van der Waals surface area contributed by atoms with Gasteiger partial charge in [-0.3, -0.25) is 9.78 Å². The molecule has 0 amide bonds. The van der Waals surface area contributed by atoms with Crippen molar-refractivity contribution >= 4 is 51.6 Å². The smallest absolute Gasteiger partial charge is 0.303 e. The highest BCUT2D eigenvalue weighted by Gasteiger charge is 2.30. The summed E-state index contributed by atoms with van der Waals surface area (Å²) in [5.74, 6) is 1.53. The molecule has 0 aliphatic carbocycles. The zero-order chi connectivity index (χ0) is 26.2. The van der Waals surface area contributed by atoms with Crippen molar-refractivity contribution in [3.05, 3.63) is 52.5 Å². The van der Waals surface area contributed by atoms with Crippen LogP contribution in [0.4, 0.5) is 4.39 Å².